The van der Waals surface area contributed by atoms with E-state index in [0.29, 0.717) is 23.1 Å². The summed E-state index contributed by atoms with van der Waals surface area (Å²) in [4.78, 5) is 23.8. The van der Waals surface area contributed by atoms with Gasteiger partial charge in [-0.2, -0.15) is 0 Å². The zero-order valence-corrected chi connectivity index (χ0v) is 17.2. The molecular weight excluding hydrogens is 370 g/mol. The van der Waals surface area contributed by atoms with Crippen LogP contribution in [0.1, 0.15) is 37.3 Å². The van der Waals surface area contributed by atoms with Crippen molar-refractivity contribution >= 4 is 23.6 Å². The van der Waals surface area contributed by atoms with E-state index in [-0.39, 0.29) is 6.61 Å². The van der Waals surface area contributed by atoms with Crippen molar-refractivity contribution in [2.75, 3.05) is 26.1 Å². The second-order valence-electron chi connectivity index (χ2n) is 6.53. The van der Waals surface area contributed by atoms with Crippen LogP contribution in [0.4, 0.5) is 5.69 Å². The third-order valence-corrected chi connectivity index (χ3v) is 4.54. The number of hydrogen-bond acceptors (Lipinski definition) is 5. The standard InChI is InChI=1S/C23H27NO5/c1-5-16(2)18-8-10-19(11-9-18)24-22(25)15-29-23(26)13-7-17-6-12-20(27-3)21(14-17)28-4/h6-14,16H,5,15H2,1-4H3,(H,24,25)/b13-7+/t16-/m0/s1. The SMILES string of the molecule is CC[C@H](C)c1ccc(NC(=O)COC(=O)/C=C/c2ccc(OC)c(OC)c2)cc1. The largest absolute Gasteiger partial charge is 0.493 e. The van der Waals surface area contributed by atoms with Gasteiger partial charge in [-0.25, -0.2) is 4.79 Å². The third kappa shape index (κ3) is 6.68. The highest BCUT2D eigenvalue weighted by Gasteiger charge is 2.08. The van der Waals surface area contributed by atoms with Gasteiger partial charge in [0.2, 0.25) is 0 Å². The van der Waals surface area contributed by atoms with Crippen molar-refractivity contribution in [3.8, 4) is 11.5 Å². The van der Waals surface area contributed by atoms with E-state index in [1.807, 2.05) is 24.3 Å². The van der Waals surface area contributed by atoms with E-state index in [9.17, 15) is 9.59 Å². The molecule has 0 saturated carbocycles. The molecule has 0 saturated heterocycles. The summed E-state index contributed by atoms with van der Waals surface area (Å²) in [6.45, 7) is 3.93. The van der Waals surface area contributed by atoms with Crippen LogP contribution in [0.2, 0.25) is 0 Å². The molecule has 0 radical (unpaired) electrons. The highest BCUT2D eigenvalue weighted by molar-refractivity contribution is 5.94. The van der Waals surface area contributed by atoms with Crippen molar-refractivity contribution in [2.45, 2.75) is 26.2 Å². The van der Waals surface area contributed by atoms with E-state index in [4.69, 9.17) is 14.2 Å². The van der Waals surface area contributed by atoms with E-state index < -0.39 is 11.9 Å². The molecular formula is C23H27NO5. The van der Waals surface area contributed by atoms with Crippen LogP contribution in [0.5, 0.6) is 11.5 Å². The monoisotopic (exact) mass is 397 g/mol. The highest BCUT2D eigenvalue weighted by atomic mass is 16.5. The molecule has 0 bridgehead atoms. The van der Waals surface area contributed by atoms with Crippen LogP contribution in [0, 0.1) is 0 Å². The first kappa shape index (κ1) is 22.0. The third-order valence-electron chi connectivity index (χ3n) is 4.54. The second-order valence-corrected chi connectivity index (χ2v) is 6.53. The molecule has 6 nitrogen and oxygen atoms in total. The van der Waals surface area contributed by atoms with E-state index in [2.05, 4.69) is 19.2 Å². The average Bonchev–Trinajstić information content (AvgIpc) is 2.75. The molecule has 29 heavy (non-hydrogen) atoms. The lowest BCUT2D eigenvalue weighted by atomic mass is 9.99. The number of methoxy groups -OCH3 is 2. The minimum absolute atomic E-state index is 0.359. The van der Waals surface area contributed by atoms with Gasteiger partial charge in [0.15, 0.2) is 18.1 Å². The summed E-state index contributed by atoms with van der Waals surface area (Å²) in [6.07, 6.45) is 3.89. The van der Waals surface area contributed by atoms with E-state index >= 15 is 0 Å². The maximum Gasteiger partial charge on any atom is 0.331 e. The summed E-state index contributed by atoms with van der Waals surface area (Å²) in [7, 11) is 3.09. The van der Waals surface area contributed by atoms with Crippen LogP contribution >= 0.6 is 0 Å². The van der Waals surface area contributed by atoms with Crippen molar-refractivity contribution in [2.24, 2.45) is 0 Å². The Morgan fingerprint density at radius 3 is 2.34 bits per heavy atom. The quantitative estimate of drug-likeness (QED) is 0.501. The van der Waals surface area contributed by atoms with Gasteiger partial charge >= 0.3 is 5.97 Å². The molecule has 154 valence electrons. The summed E-state index contributed by atoms with van der Waals surface area (Å²) in [5.74, 6) is 0.622. The molecule has 0 aromatic heterocycles. The molecule has 2 rings (SSSR count). The van der Waals surface area contributed by atoms with Crippen LogP contribution in [0.15, 0.2) is 48.5 Å². The van der Waals surface area contributed by atoms with E-state index in [1.54, 1.807) is 31.4 Å². The number of benzene rings is 2. The molecule has 0 spiro atoms. The molecule has 0 unspecified atom stereocenters. The molecule has 0 fully saturated rings. The van der Waals surface area contributed by atoms with Gasteiger partial charge < -0.3 is 19.5 Å². The van der Waals surface area contributed by atoms with Crippen molar-refractivity contribution in [1.82, 2.24) is 0 Å². The Morgan fingerprint density at radius 1 is 1.03 bits per heavy atom. The molecule has 2 aromatic carbocycles. The van der Waals surface area contributed by atoms with Crippen LogP contribution in [-0.4, -0.2) is 32.7 Å². The number of carbonyl (C=O) groups excluding carboxylic acids is 2. The minimum Gasteiger partial charge on any atom is -0.493 e. The van der Waals surface area contributed by atoms with Crippen molar-refractivity contribution in [3.63, 3.8) is 0 Å². The summed E-state index contributed by atoms with van der Waals surface area (Å²) in [6, 6.07) is 12.9. The summed E-state index contributed by atoms with van der Waals surface area (Å²) in [5.41, 5.74) is 2.63. The maximum absolute atomic E-state index is 12.0. The molecule has 1 N–H and O–H groups in total. The summed E-state index contributed by atoms with van der Waals surface area (Å²) >= 11 is 0. The van der Waals surface area contributed by atoms with Crippen LogP contribution < -0.4 is 14.8 Å². The fourth-order valence-electron chi connectivity index (χ4n) is 2.63. The number of anilines is 1. The van der Waals surface area contributed by atoms with Crippen LogP contribution in [-0.2, 0) is 14.3 Å². The molecule has 0 aliphatic rings. The van der Waals surface area contributed by atoms with E-state index in [0.717, 1.165) is 12.0 Å². The molecule has 0 aliphatic heterocycles. The lowest BCUT2D eigenvalue weighted by molar-refractivity contribution is -0.142. The number of nitrogens with one attached hydrogen (secondary N) is 1. The van der Waals surface area contributed by atoms with Gasteiger partial charge in [0.1, 0.15) is 0 Å². The average molecular weight is 397 g/mol. The molecule has 0 aliphatic carbocycles. The fraction of sp³-hybridized carbons (Fsp3) is 0.304. The fourth-order valence-corrected chi connectivity index (χ4v) is 2.63. The number of hydrogen-bond donors (Lipinski definition) is 1. The topological polar surface area (TPSA) is 73.9 Å². The van der Waals surface area contributed by atoms with Gasteiger partial charge in [-0.1, -0.05) is 32.0 Å². The Kier molecular flexibility index (Phi) is 8.27. The van der Waals surface area contributed by atoms with Gasteiger partial charge in [-0.05, 0) is 53.8 Å². The first-order chi connectivity index (χ1) is 14.0. The predicted molar refractivity (Wildman–Crippen MR) is 113 cm³/mol. The number of esters is 1. The molecule has 6 heteroatoms. The number of amides is 1. The number of rotatable bonds is 9. The van der Waals surface area contributed by atoms with Gasteiger partial charge in [0.05, 0.1) is 14.2 Å². The smallest absolute Gasteiger partial charge is 0.331 e. The Morgan fingerprint density at radius 2 is 1.72 bits per heavy atom. The molecule has 2 aromatic rings. The second kappa shape index (κ2) is 10.9. The zero-order valence-electron chi connectivity index (χ0n) is 17.2. The first-order valence-corrected chi connectivity index (χ1v) is 9.43. The molecule has 1 amide bonds. The molecule has 1 atom stereocenters. The first-order valence-electron chi connectivity index (χ1n) is 9.43. The lowest BCUT2D eigenvalue weighted by Crippen LogP contribution is -2.20. The van der Waals surface area contributed by atoms with Crippen molar-refractivity contribution in [3.05, 3.63) is 59.7 Å². The minimum atomic E-state index is -0.609. The van der Waals surface area contributed by atoms with Crippen molar-refractivity contribution < 1.29 is 23.8 Å². The Labute approximate surface area is 171 Å². The maximum atomic E-state index is 12.0. The summed E-state index contributed by atoms with van der Waals surface area (Å²) < 4.78 is 15.4. The normalized spacial score (nSPS) is 11.7. The van der Waals surface area contributed by atoms with Gasteiger partial charge in [-0.3, -0.25) is 4.79 Å². The van der Waals surface area contributed by atoms with Gasteiger partial charge in [0.25, 0.3) is 5.91 Å². The Bertz CT molecular complexity index is 858. The predicted octanol–water partition coefficient (Wildman–Crippen LogP) is 4.41. The van der Waals surface area contributed by atoms with Crippen LogP contribution in [0.25, 0.3) is 6.08 Å². The highest BCUT2D eigenvalue weighted by Crippen LogP contribution is 2.28. The van der Waals surface area contributed by atoms with Gasteiger partial charge in [0, 0.05) is 11.8 Å². The molecule has 0 heterocycles. The van der Waals surface area contributed by atoms with E-state index in [1.165, 1.54) is 18.7 Å². The van der Waals surface area contributed by atoms with Crippen LogP contribution in [0.3, 0.4) is 0 Å². The summed E-state index contributed by atoms with van der Waals surface area (Å²) in [5, 5.41) is 2.71. The van der Waals surface area contributed by atoms with Gasteiger partial charge in [-0.15, -0.1) is 0 Å². The van der Waals surface area contributed by atoms with Crippen molar-refractivity contribution in [1.29, 1.82) is 0 Å². The zero-order chi connectivity index (χ0) is 21.2. The Hall–Kier alpha value is -3.28. The number of ether oxygens (including phenoxy) is 3. The number of carbonyl (C=O) groups is 2. The lowest BCUT2D eigenvalue weighted by Gasteiger charge is -2.10. The Balaban J connectivity index is 1.84.